The minimum absolute atomic E-state index is 0.0559. The standard InChI is InChI=1S/C14H20FN/c1-16(2)14(9-4-3-5-10-14)12-7-6-8-13(15)11-12/h6-8,11H,3-5,9-10H2,1-2H3. The highest BCUT2D eigenvalue weighted by Crippen LogP contribution is 2.40. The lowest BCUT2D eigenvalue weighted by atomic mass is 9.75. The average molecular weight is 221 g/mol. The normalized spacial score (nSPS) is 20.0. The first-order valence-electron chi connectivity index (χ1n) is 6.09. The zero-order valence-corrected chi connectivity index (χ0v) is 10.2. The molecule has 0 amide bonds. The van der Waals surface area contributed by atoms with Crippen molar-refractivity contribution in [2.45, 2.75) is 37.6 Å². The molecule has 0 radical (unpaired) electrons. The van der Waals surface area contributed by atoms with Gasteiger partial charge in [-0.3, -0.25) is 4.90 Å². The van der Waals surface area contributed by atoms with E-state index < -0.39 is 0 Å². The van der Waals surface area contributed by atoms with Gasteiger partial charge in [-0.2, -0.15) is 0 Å². The van der Waals surface area contributed by atoms with Crippen molar-refractivity contribution in [3.63, 3.8) is 0 Å². The number of nitrogens with zero attached hydrogens (tertiary/aromatic N) is 1. The third kappa shape index (κ3) is 1.99. The second kappa shape index (κ2) is 4.54. The van der Waals surface area contributed by atoms with E-state index in [1.807, 2.05) is 6.07 Å². The monoisotopic (exact) mass is 221 g/mol. The Morgan fingerprint density at radius 1 is 1.12 bits per heavy atom. The molecule has 88 valence electrons. The second-order valence-electron chi connectivity index (χ2n) is 5.00. The molecule has 2 heteroatoms. The van der Waals surface area contributed by atoms with Crippen LogP contribution in [0.5, 0.6) is 0 Å². The highest BCUT2D eigenvalue weighted by atomic mass is 19.1. The molecule has 1 aliphatic carbocycles. The maximum absolute atomic E-state index is 13.3. The van der Waals surface area contributed by atoms with Crippen molar-refractivity contribution >= 4 is 0 Å². The van der Waals surface area contributed by atoms with E-state index in [1.165, 1.54) is 25.3 Å². The van der Waals surface area contributed by atoms with E-state index in [2.05, 4.69) is 25.1 Å². The zero-order valence-electron chi connectivity index (χ0n) is 10.2. The summed E-state index contributed by atoms with van der Waals surface area (Å²) >= 11 is 0. The molecule has 0 atom stereocenters. The van der Waals surface area contributed by atoms with E-state index in [-0.39, 0.29) is 11.4 Å². The summed E-state index contributed by atoms with van der Waals surface area (Å²) in [6, 6.07) is 7.11. The van der Waals surface area contributed by atoms with Crippen LogP contribution in [0, 0.1) is 5.82 Å². The number of hydrogen-bond donors (Lipinski definition) is 0. The van der Waals surface area contributed by atoms with Gasteiger partial charge < -0.3 is 0 Å². The maximum Gasteiger partial charge on any atom is 0.123 e. The van der Waals surface area contributed by atoms with Crippen LogP contribution >= 0.6 is 0 Å². The fourth-order valence-corrected chi connectivity index (χ4v) is 2.91. The first kappa shape index (κ1) is 11.6. The molecule has 0 spiro atoms. The molecular formula is C14H20FN. The van der Waals surface area contributed by atoms with Crippen LogP contribution in [-0.2, 0) is 5.54 Å². The van der Waals surface area contributed by atoms with E-state index in [0.29, 0.717) is 0 Å². The fraction of sp³-hybridized carbons (Fsp3) is 0.571. The molecule has 1 aromatic rings. The molecule has 0 N–H and O–H groups in total. The van der Waals surface area contributed by atoms with Crippen molar-refractivity contribution in [3.05, 3.63) is 35.6 Å². The minimum atomic E-state index is -0.121. The first-order chi connectivity index (χ1) is 7.65. The van der Waals surface area contributed by atoms with Gasteiger partial charge in [-0.05, 0) is 44.6 Å². The Kier molecular flexibility index (Phi) is 3.29. The van der Waals surface area contributed by atoms with Crippen LogP contribution in [0.15, 0.2) is 24.3 Å². The van der Waals surface area contributed by atoms with Gasteiger partial charge >= 0.3 is 0 Å². The van der Waals surface area contributed by atoms with Crippen molar-refractivity contribution < 1.29 is 4.39 Å². The highest BCUT2D eigenvalue weighted by Gasteiger charge is 2.35. The number of rotatable bonds is 2. The summed E-state index contributed by atoms with van der Waals surface area (Å²) in [7, 11) is 4.21. The lowest BCUT2D eigenvalue weighted by Gasteiger charge is -2.43. The third-order valence-corrected chi connectivity index (χ3v) is 3.90. The van der Waals surface area contributed by atoms with Gasteiger partial charge in [-0.1, -0.05) is 31.4 Å². The Bertz CT molecular complexity index is 354. The lowest BCUT2D eigenvalue weighted by molar-refractivity contribution is 0.0985. The molecule has 0 aliphatic heterocycles. The van der Waals surface area contributed by atoms with Crippen LogP contribution in [0.4, 0.5) is 4.39 Å². The van der Waals surface area contributed by atoms with Gasteiger partial charge in [0.15, 0.2) is 0 Å². The van der Waals surface area contributed by atoms with E-state index in [4.69, 9.17) is 0 Å². The van der Waals surface area contributed by atoms with Crippen LogP contribution < -0.4 is 0 Å². The van der Waals surface area contributed by atoms with Gasteiger partial charge in [0.1, 0.15) is 5.82 Å². The zero-order chi connectivity index (χ0) is 11.6. The van der Waals surface area contributed by atoms with Gasteiger partial charge in [0.05, 0.1) is 0 Å². The molecule has 1 aliphatic rings. The predicted molar refractivity (Wildman–Crippen MR) is 64.9 cm³/mol. The van der Waals surface area contributed by atoms with Gasteiger partial charge in [0.2, 0.25) is 0 Å². The van der Waals surface area contributed by atoms with Crippen molar-refractivity contribution in [1.82, 2.24) is 4.90 Å². The Morgan fingerprint density at radius 2 is 1.81 bits per heavy atom. The van der Waals surface area contributed by atoms with E-state index in [0.717, 1.165) is 18.4 Å². The molecule has 0 saturated heterocycles. The van der Waals surface area contributed by atoms with Gasteiger partial charge in [0, 0.05) is 5.54 Å². The summed E-state index contributed by atoms with van der Waals surface area (Å²) < 4.78 is 13.3. The fourth-order valence-electron chi connectivity index (χ4n) is 2.91. The summed E-state index contributed by atoms with van der Waals surface area (Å²) in [5.74, 6) is -0.121. The molecule has 1 nitrogen and oxygen atoms in total. The molecule has 1 fully saturated rings. The summed E-state index contributed by atoms with van der Waals surface area (Å²) in [5, 5.41) is 0. The number of halogens is 1. The summed E-state index contributed by atoms with van der Waals surface area (Å²) in [5.41, 5.74) is 1.19. The second-order valence-corrected chi connectivity index (χ2v) is 5.00. The van der Waals surface area contributed by atoms with E-state index in [1.54, 1.807) is 6.07 Å². The summed E-state index contributed by atoms with van der Waals surface area (Å²) in [4.78, 5) is 2.26. The van der Waals surface area contributed by atoms with Crippen molar-refractivity contribution in [2.24, 2.45) is 0 Å². The van der Waals surface area contributed by atoms with Crippen LogP contribution in [-0.4, -0.2) is 19.0 Å². The van der Waals surface area contributed by atoms with Gasteiger partial charge in [0.25, 0.3) is 0 Å². The Hall–Kier alpha value is -0.890. The van der Waals surface area contributed by atoms with E-state index in [9.17, 15) is 4.39 Å². The molecule has 1 aromatic carbocycles. The minimum Gasteiger partial charge on any atom is -0.300 e. The lowest BCUT2D eigenvalue weighted by Crippen LogP contribution is -2.43. The van der Waals surface area contributed by atoms with Crippen LogP contribution in [0.3, 0.4) is 0 Å². The average Bonchev–Trinajstić information content (AvgIpc) is 2.30. The van der Waals surface area contributed by atoms with Gasteiger partial charge in [-0.25, -0.2) is 4.39 Å². The Balaban J connectivity index is 2.38. The maximum atomic E-state index is 13.3. The van der Waals surface area contributed by atoms with Crippen molar-refractivity contribution in [1.29, 1.82) is 0 Å². The molecule has 0 bridgehead atoms. The Labute approximate surface area is 97.3 Å². The van der Waals surface area contributed by atoms with Crippen LogP contribution in [0.2, 0.25) is 0 Å². The molecule has 2 rings (SSSR count). The quantitative estimate of drug-likeness (QED) is 0.738. The van der Waals surface area contributed by atoms with Crippen LogP contribution in [0.25, 0.3) is 0 Å². The molecule has 16 heavy (non-hydrogen) atoms. The largest absolute Gasteiger partial charge is 0.300 e. The van der Waals surface area contributed by atoms with Crippen LogP contribution in [0.1, 0.15) is 37.7 Å². The SMILES string of the molecule is CN(C)C1(c2cccc(F)c2)CCCCC1. The predicted octanol–water partition coefficient (Wildman–Crippen LogP) is 3.55. The molecule has 0 heterocycles. The van der Waals surface area contributed by atoms with Crippen molar-refractivity contribution in [3.8, 4) is 0 Å². The highest BCUT2D eigenvalue weighted by molar-refractivity contribution is 5.26. The summed E-state index contributed by atoms with van der Waals surface area (Å²) in [6.07, 6.45) is 6.08. The number of hydrogen-bond acceptors (Lipinski definition) is 1. The molecule has 1 saturated carbocycles. The molecule has 0 aromatic heterocycles. The topological polar surface area (TPSA) is 3.24 Å². The smallest absolute Gasteiger partial charge is 0.123 e. The first-order valence-corrected chi connectivity index (χ1v) is 6.09. The van der Waals surface area contributed by atoms with Gasteiger partial charge in [-0.15, -0.1) is 0 Å². The Morgan fingerprint density at radius 3 is 2.38 bits per heavy atom. The van der Waals surface area contributed by atoms with Crippen molar-refractivity contribution in [2.75, 3.05) is 14.1 Å². The van der Waals surface area contributed by atoms with E-state index >= 15 is 0 Å². The third-order valence-electron chi connectivity index (χ3n) is 3.90. The summed E-state index contributed by atoms with van der Waals surface area (Å²) in [6.45, 7) is 0. The number of benzene rings is 1. The molecule has 0 unspecified atom stereocenters. The molecular weight excluding hydrogens is 201 g/mol.